The van der Waals surface area contributed by atoms with Gasteiger partial charge in [-0.25, -0.2) is 69.2 Å². The number of nitrogens with one attached hydrogen (secondary N) is 6. The Morgan fingerprint density at radius 2 is 0.863 bits per heavy atom. The topological polar surface area (TPSA) is 519 Å². The number of amides is 4. The van der Waals surface area contributed by atoms with Crippen molar-refractivity contribution < 1.29 is 67.1 Å². The largest absolute Gasteiger partial charge is 0.477 e. The number of carbonyl (C=O) groups is 7. The van der Waals surface area contributed by atoms with Crippen LogP contribution in [0.1, 0.15) is 128 Å². The SMILES string of the molecule is C=CC(=O)Cl.C=CC(=O)N1CC[C@H](Nc2nc(CN3CCOCC3)cc(Nc3ncc(C(=O)Nc4c(C)cccc4C)s3)n2)C1.CC(C)(C)OC(=O)N1CC[C@H](N)C1.COC(=O)c1cnc(Cl)s1.Cc1cccc(C)c1N.Cc1cccc(C)c1NC(=O)c1cnc(Nc2cc(CN3CCOCC3)nc(Cl)n2)s1.Nc1cc(CN2CCOCC2)nc(Cl)n1.O=C(O)c1cnc(Nc2cc(CN3CCOCC3)nc(Cl)n2)s1. The summed E-state index contributed by atoms with van der Waals surface area (Å²) in [5.74, 6) is 0.614. The highest BCUT2D eigenvalue weighted by atomic mass is 35.5. The number of aromatic carboxylic acids is 1. The van der Waals surface area contributed by atoms with Gasteiger partial charge in [-0.15, -0.1) is 0 Å². The minimum Gasteiger partial charge on any atom is -0.477 e. The lowest BCUT2D eigenvalue weighted by atomic mass is 10.1. The second-order valence-electron chi connectivity index (χ2n) is 34.3. The molecular weight excluding hydrogens is 2060 g/mol. The van der Waals surface area contributed by atoms with Crippen molar-refractivity contribution in [2.45, 2.75) is 119 Å². The third-order valence-corrected chi connectivity index (χ3v) is 26.3. The number of methoxy groups -OCH3 is 1. The Hall–Kier alpha value is -11.8. The Kier molecular flexibility index (Phi) is 46.6. The van der Waals surface area contributed by atoms with Crippen molar-refractivity contribution in [1.29, 1.82) is 0 Å². The average molecular weight is 2180 g/mol. The molecular formula is C96H120Cl5N27O14S4. The zero-order valence-electron chi connectivity index (χ0n) is 82.5. The fourth-order valence-corrected chi connectivity index (χ4v) is 18.0. The van der Waals surface area contributed by atoms with Gasteiger partial charge in [-0.1, -0.05) is 125 Å². The van der Waals surface area contributed by atoms with Crippen LogP contribution < -0.4 is 49.1 Å². The van der Waals surface area contributed by atoms with Crippen LogP contribution in [0.15, 0.2) is 129 Å². The highest BCUT2D eigenvalue weighted by Gasteiger charge is 2.30. The van der Waals surface area contributed by atoms with Crippen molar-refractivity contribution in [2.75, 3.05) is 182 Å². The van der Waals surface area contributed by atoms with Crippen LogP contribution in [0.2, 0.25) is 20.3 Å². The van der Waals surface area contributed by atoms with Gasteiger partial charge >= 0.3 is 18.0 Å². The number of carboxylic acids is 1. The standard InChI is InChI=1S/C28H34N8O3S.C21H23ClN6O2S.C13H14ClN5O3S.C9H13ClN4O.C9H18N2O2.C8H11N.C5H4ClNO2S.C3H3ClO/c1-4-24(37)36-9-8-20(17-36)30-27-31-21(16-35-10-12-39-13-11-35)14-23(32-27)33-28-29-15-22(40-28)26(38)34-25-18(2)6-5-7-19(25)3;1-13-4-3-5-14(2)18(13)27-19(29)16-11-23-21(31-16)26-17-10-15(24-20(22)25-17)12-28-6-8-30-9-7-28;14-12-16-8(7-19-1-3-22-4-2-19)5-10(17-12)18-13-15-6-9(23-13)11(20)21;10-9-12-7(5-8(11)13-9)6-14-1-3-15-4-2-14;1-9(2,3)13-8(12)11-5-4-7(10)6-11;1-6-4-3-5-7(2)8(6)9;1-9-4(8)3-2-7-5(6)10-3;1-2-3(4)5/h4-7,14-15,20H,1,8-13,16-17H2,2-3H3,(H,34,38)(H2,29,30,31,32,33);3-5,10-11H,6-9,12H2,1-2H3,(H,27,29)(H,23,24,25,26);5-6H,1-4,7H2,(H,20,21)(H,15,16,17,18);5H,1-4,6H2,(H2,11,12,13);7H,4-6,10H2,1-3H3;3-5H,9H2,1-2H3;2H,1H3;2H,1H2/t20-;;;;7-;;;/m0...0.../s1. The number of esters is 1. The number of nitrogen functional groups attached to an aromatic ring is 2. The molecule has 6 fully saturated rings. The van der Waals surface area contributed by atoms with Gasteiger partial charge in [0.25, 0.3) is 11.8 Å². The van der Waals surface area contributed by atoms with Crippen LogP contribution in [-0.2, 0) is 64.2 Å². The number of aryl methyl sites for hydroxylation is 6. The van der Waals surface area contributed by atoms with E-state index >= 15 is 0 Å². The van der Waals surface area contributed by atoms with E-state index < -0.39 is 22.8 Å². The first-order valence-corrected chi connectivity index (χ1v) is 51.3. The quantitative estimate of drug-likeness (QED) is 0.00883. The fraction of sp³-hybridized carbons (Fsp3) is 0.406. The molecule has 0 spiro atoms. The third-order valence-electron chi connectivity index (χ3n) is 21.8. The highest BCUT2D eigenvalue weighted by molar-refractivity contribution is 7.18. The van der Waals surface area contributed by atoms with Gasteiger partial charge < -0.3 is 92.4 Å². The minimum absolute atomic E-state index is 0.0375. The molecule has 3 aromatic carbocycles. The lowest BCUT2D eigenvalue weighted by Gasteiger charge is -2.26. The lowest BCUT2D eigenvalue weighted by molar-refractivity contribution is -0.125. The highest BCUT2D eigenvalue weighted by Crippen LogP contribution is 2.32. The maximum atomic E-state index is 12.9. The molecule has 14 heterocycles. The lowest BCUT2D eigenvalue weighted by Crippen LogP contribution is -2.36. The number of hydrogen-bond donors (Lipinski definition) is 10. The van der Waals surface area contributed by atoms with Crippen LogP contribution in [0.25, 0.3) is 0 Å². The van der Waals surface area contributed by atoms with E-state index in [1.807, 2.05) is 129 Å². The van der Waals surface area contributed by atoms with Crippen LogP contribution in [0.5, 0.6) is 0 Å². The number of nitrogens with zero attached hydrogens (tertiary/aromatic N) is 18. The Morgan fingerprint density at radius 3 is 1.22 bits per heavy atom. The number of carboxylic acid groups (broad SMARTS) is 1. The van der Waals surface area contributed by atoms with E-state index in [1.54, 1.807) is 34.3 Å². The summed E-state index contributed by atoms with van der Waals surface area (Å²) in [7, 11) is 1.32. The van der Waals surface area contributed by atoms with Crippen molar-refractivity contribution in [1.82, 2.24) is 89.2 Å². The maximum absolute atomic E-state index is 12.9. The van der Waals surface area contributed by atoms with Crippen molar-refractivity contribution in [2.24, 2.45) is 5.73 Å². The monoisotopic (exact) mass is 2180 g/mol. The van der Waals surface area contributed by atoms with Gasteiger partial charge in [-0.3, -0.25) is 38.8 Å². The molecule has 0 unspecified atom stereocenters. The average Bonchev–Trinajstić information content (AvgIpc) is 1.64. The zero-order chi connectivity index (χ0) is 106. The van der Waals surface area contributed by atoms with E-state index in [1.165, 1.54) is 48.3 Å². The first kappa shape index (κ1) is 116. The van der Waals surface area contributed by atoms with Crippen LogP contribution in [0.4, 0.5) is 66.5 Å². The van der Waals surface area contributed by atoms with Crippen molar-refractivity contribution >= 4 is 206 Å². The molecule has 6 aliphatic heterocycles. The summed E-state index contributed by atoms with van der Waals surface area (Å²) < 4.78 is 31.4. The number of hydrogen-bond acceptors (Lipinski definition) is 40. The molecule has 0 aliphatic carbocycles. The summed E-state index contributed by atoms with van der Waals surface area (Å²) in [6.07, 6.45) is 9.61. The van der Waals surface area contributed by atoms with Gasteiger partial charge in [0.1, 0.15) is 48.4 Å². The normalized spacial score (nSPS) is 15.7. The number of benzene rings is 3. The number of para-hydroxylation sites is 3. The molecule has 4 amide bonds. The van der Waals surface area contributed by atoms with Crippen molar-refractivity contribution in [3.63, 3.8) is 0 Å². The minimum atomic E-state index is -1.01. The van der Waals surface area contributed by atoms with Gasteiger partial charge in [0.15, 0.2) is 19.9 Å². The van der Waals surface area contributed by atoms with Crippen LogP contribution in [-0.4, -0.2) is 291 Å². The van der Waals surface area contributed by atoms with Gasteiger partial charge in [0.2, 0.25) is 32.9 Å². The number of halogens is 5. The summed E-state index contributed by atoms with van der Waals surface area (Å²) in [4.78, 5) is 145. The van der Waals surface area contributed by atoms with Gasteiger partial charge in [-0.2, -0.15) is 4.98 Å². The number of likely N-dealkylation sites (tertiary alicyclic amines) is 2. The molecule has 2 atom stereocenters. The molecule has 17 rings (SSSR count). The molecule has 50 heteroatoms. The van der Waals surface area contributed by atoms with E-state index in [2.05, 4.69) is 124 Å². The number of carbonyl (C=O) groups excluding carboxylic acids is 6. The second-order valence-corrected chi connectivity index (χ2v) is 40.4. The molecule has 6 aliphatic rings. The molecule has 11 aromatic rings. The molecule has 146 heavy (non-hydrogen) atoms. The van der Waals surface area contributed by atoms with E-state index in [4.69, 9.17) is 109 Å². The molecule has 0 saturated carbocycles. The van der Waals surface area contributed by atoms with Crippen LogP contribution in [0, 0.1) is 41.5 Å². The van der Waals surface area contributed by atoms with Gasteiger partial charge in [-0.05, 0) is 167 Å². The predicted octanol–water partition coefficient (Wildman–Crippen LogP) is 15.4. The summed E-state index contributed by atoms with van der Waals surface area (Å²) in [5.41, 5.74) is 28.7. The third kappa shape index (κ3) is 39.7. The number of ether oxygens (including phenoxy) is 6. The predicted molar refractivity (Wildman–Crippen MR) is 572 cm³/mol. The first-order chi connectivity index (χ1) is 69.8. The van der Waals surface area contributed by atoms with E-state index in [-0.39, 0.29) is 56.6 Å². The van der Waals surface area contributed by atoms with Gasteiger partial charge in [0, 0.05) is 158 Å². The Morgan fingerprint density at radius 1 is 0.486 bits per heavy atom. The summed E-state index contributed by atoms with van der Waals surface area (Å²) in [5, 5.41) is 29.2. The summed E-state index contributed by atoms with van der Waals surface area (Å²) in [6.45, 7) is 42.1. The number of thiazole rings is 4. The molecule has 13 N–H and O–H groups in total. The molecule has 8 aromatic heterocycles. The smallest absolute Gasteiger partial charge is 0.410 e. The van der Waals surface area contributed by atoms with E-state index in [9.17, 15) is 33.6 Å². The van der Waals surface area contributed by atoms with Crippen LogP contribution in [0.3, 0.4) is 0 Å². The van der Waals surface area contributed by atoms with E-state index in [0.717, 1.165) is 207 Å². The maximum Gasteiger partial charge on any atom is 0.410 e. The number of allylic oxidation sites excluding steroid dienone is 1. The Labute approximate surface area is 887 Å². The second kappa shape index (κ2) is 58.6. The zero-order valence-corrected chi connectivity index (χ0v) is 89.5. The molecule has 0 radical (unpaired) electrons. The number of rotatable bonds is 24. The summed E-state index contributed by atoms with van der Waals surface area (Å²) in [6, 6.07) is 25.3. The molecule has 782 valence electrons. The number of anilines is 11. The van der Waals surface area contributed by atoms with Crippen LogP contribution >= 0.6 is 103 Å². The number of morpholine rings is 4. The van der Waals surface area contributed by atoms with Crippen molar-refractivity contribution in [3.05, 3.63) is 225 Å². The fourth-order valence-electron chi connectivity index (χ4n) is 14.4. The van der Waals surface area contributed by atoms with Gasteiger partial charge in [0.05, 0.1) is 108 Å². The molecule has 0 bridgehead atoms. The van der Waals surface area contributed by atoms with E-state index in [0.29, 0.717) is 129 Å². The summed E-state index contributed by atoms with van der Waals surface area (Å²) >= 11 is 32.6. The van der Waals surface area contributed by atoms with Crippen molar-refractivity contribution in [3.8, 4) is 0 Å². The molecule has 41 nitrogen and oxygen atoms in total. The number of aromatic nitrogens is 12. The number of nitrogens with two attached hydrogens (primary N) is 3. The first-order valence-electron chi connectivity index (χ1n) is 46.2. The molecule has 6 saturated heterocycles. The Balaban J connectivity index is 0.000000183. The Bertz CT molecular complexity index is 6120.